The van der Waals surface area contributed by atoms with Crippen LogP contribution in [0.1, 0.15) is 37.3 Å². The fraction of sp³-hybridized carbons (Fsp3) is 0.682. The van der Waals surface area contributed by atoms with Gasteiger partial charge in [0.25, 0.3) is 0 Å². The molecule has 158 valence electrons. The minimum Gasteiger partial charge on any atom is -0.491 e. The monoisotopic (exact) mass is 390 g/mol. The summed E-state index contributed by atoms with van der Waals surface area (Å²) in [5, 5.41) is 6.85. The first-order valence-corrected chi connectivity index (χ1v) is 10.5. The maximum Gasteiger partial charge on any atom is 0.191 e. The number of nitrogens with one attached hydrogen (secondary N) is 2. The van der Waals surface area contributed by atoms with E-state index in [2.05, 4.69) is 54.6 Å². The molecule has 6 nitrogen and oxygen atoms in total. The number of hydrogen-bond acceptors (Lipinski definition) is 4. The third kappa shape index (κ3) is 8.07. The Kier molecular flexibility index (Phi) is 10.1. The summed E-state index contributed by atoms with van der Waals surface area (Å²) < 4.78 is 11.0. The van der Waals surface area contributed by atoms with E-state index in [0.717, 1.165) is 36.3 Å². The van der Waals surface area contributed by atoms with Gasteiger partial charge in [-0.2, -0.15) is 0 Å². The number of piperidine rings is 1. The largest absolute Gasteiger partial charge is 0.491 e. The molecular weight excluding hydrogens is 352 g/mol. The number of nitrogens with zero attached hydrogens (tertiary/aromatic N) is 2. The van der Waals surface area contributed by atoms with Gasteiger partial charge in [0, 0.05) is 25.8 Å². The van der Waals surface area contributed by atoms with Crippen LogP contribution in [0, 0.1) is 12.8 Å². The number of hydrogen-bond donors (Lipinski definition) is 2. The van der Waals surface area contributed by atoms with Gasteiger partial charge < -0.3 is 25.0 Å². The molecule has 0 aliphatic carbocycles. The smallest absolute Gasteiger partial charge is 0.191 e. The van der Waals surface area contributed by atoms with Gasteiger partial charge in [-0.15, -0.1) is 0 Å². The summed E-state index contributed by atoms with van der Waals surface area (Å²) in [5.74, 6) is 2.59. The minimum absolute atomic E-state index is 0.547. The van der Waals surface area contributed by atoms with Crippen LogP contribution in [0.2, 0.25) is 0 Å². The summed E-state index contributed by atoms with van der Waals surface area (Å²) in [6.07, 6.45) is 3.81. The fourth-order valence-electron chi connectivity index (χ4n) is 3.41. The van der Waals surface area contributed by atoms with Crippen molar-refractivity contribution in [2.24, 2.45) is 10.9 Å². The zero-order chi connectivity index (χ0) is 20.2. The molecule has 1 aromatic carbocycles. The van der Waals surface area contributed by atoms with Crippen LogP contribution in [-0.2, 0) is 11.3 Å². The summed E-state index contributed by atoms with van der Waals surface area (Å²) in [6.45, 7) is 10.1. The van der Waals surface area contributed by atoms with E-state index in [4.69, 9.17) is 14.5 Å². The number of rotatable bonds is 10. The van der Waals surface area contributed by atoms with Crippen LogP contribution >= 0.6 is 0 Å². The van der Waals surface area contributed by atoms with Crippen LogP contribution in [0.5, 0.6) is 5.75 Å². The van der Waals surface area contributed by atoms with Crippen molar-refractivity contribution >= 4 is 5.96 Å². The molecule has 0 radical (unpaired) electrons. The van der Waals surface area contributed by atoms with E-state index < -0.39 is 0 Å². The lowest BCUT2D eigenvalue weighted by atomic mass is 9.94. The molecule has 1 heterocycles. The quantitative estimate of drug-likeness (QED) is 0.365. The Bertz CT molecular complexity index is 598. The van der Waals surface area contributed by atoms with Gasteiger partial charge in [0.1, 0.15) is 12.4 Å². The second-order valence-electron chi connectivity index (χ2n) is 7.61. The molecule has 2 rings (SSSR count). The maximum atomic E-state index is 5.88. The van der Waals surface area contributed by atoms with Crippen molar-refractivity contribution < 1.29 is 9.47 Å². The number of aryl methyl sites for hydroxylation is 1. The Labute approximate surface area is 170 Å². The van der Waals surface area contributed by atoms with Crippen LogP contribution in [0.3, 0.4) is 0 Å². The lowest BCUT2D eigenvalue weighted by molar-refractivity contribution is 0.145. The van der Waals surface area contributed by atoms with E-state index in [-0.39, 0.29) is 0 Å². The molecule has 2 N–H and O–H groups in total. The molecule has 0 spiro atoms. The van der Waals surface area contributed by atoms with E-state index in [1.807, 2.05) is 0 Å². The van der Waals surface area contributed by atoms with Crippen LogP contribution in [0.25, 0.3) is 0 Å². The first kappa shape index (κ1) is 22.5. The molecule has 0 saturated carbocycles. The molecule has 1 aliphatic heterocycles. The predicted octanol–water partition coefficient (Wildman–Crippen LogP) is 2.81. The molecule has 0 amide bonds. The van der Waals surface area contributed by atoms with Crippen molar-refractivity contribution in [1.82, 2.24) is 15.5 Å². The molecule has 28 heavy (non-hydrogen) atoms. The fourth-order valence-corrected chi connectivity index (χ4v) is 3.41. The Morgan fingerprint density at radius 3 is 2.71 bits per heavy atom. The standard InChI is InChI=1S/C22H38N4O2/c1-5-23-22(24-11-8-19-9-12-26(3)13-10-19)25-17-20-7-6-18(2)16-21(20)28-15-14-27-4/h6-7,16,19H,5,8-15,17H2,1-4H3,(H2,23,24,25). The van der Waals surface area contributed by atoms with Crippen LogP contribution < -0.4 is 15.4 Å². The average Bonchev–Trinajstić information content (AvgIpc) is 2.69. The normalized spacial score (nSPS) is 16.2. The first-order valence-electron chi connectivity index (χ1n) is 10.5. The van der Waals surface area contributed by atoms with Crippen molar-refractivity contribution in [3.05, 3.63) is 29.3 Å². The van der Waals surface area contributed by atoms with Crippen LogP contribution in [0.4, 0.5) is 0 Å². The molecule has 0 atom stereocenters. The molecule has 1 aliphatic rings. The van der Waals surface area contributed by atoms with E-state index in [1.165, 1.54) is 37.9 Å². The zero-order valence-corrected chi connectivity index (χ0v) is 18.1. The van der Waals surface area contributed by atoms with Gasteiger partial charge in [0.05, 0.1) is 13.2 Å². The molecular formula is C22H38N4O2. The second-order valence-corrected chi connectivity index (χ2v) is 7.61. The van der Waals surface area contributed by atoms with Crippen molar-refractivity contribution in [1.29, 1.82) is 0 Å². The lowest BCUT2D eigenvalue weighted by Crippen LogP contribution is -2.39. The second kappa shape index (κ2) is 12.6. The molecule has 1 saturated heterocycles. The summed E-state index contributed by atoms with van der Waals surface area (Å²) in [4.78, 5) is 7.19. The van der Waals surface area contributed by atoms with Gasteiger partial charge in [0.2, 0.25) is 0 Å². The average molecular weight is 391 g/mol. The predicted molar refractivity (Wildman–Crippen MR) is 116 cm³/mol. The van der Waals surface area contributed by atoms with Crippen molar-refractivity contribution in [3.8, 4) is 5.75 Å². The third-order valence-electron chi connectivity index (χ3n) is 5.20. The van der Waals surface area contributed by atoms with Gasteiger partial charge >= 0.3 is 0 Å². The van der Waals surface area contributed by atoms with Crippen molar-refractivity contribution in [3.63, 3.8) is 0 Å². The summed E-state index contributed by atoms with van der Waals surface area (Å²) in [7, 11) is 3.90. The Morgan fingerprint density at radius 1 is 1.21 bits per heavy atom. The van der Waals surface area contributed by atoms with Gasteiger partial charge in [-0.05, 0) is 70.8 Å². The summed E-state index contributed by atoms with van der Waals surface area (Å²) >= 11 is 0. The molecule has 0 bridgehead atoms. The van der Waals surface area contributed by atoms with Crippen molar-refractivity contribution in [2.45, 2.75) is 39.7 Å². The van der Waals surface area contributed by atoms with Gasteiger partial charge in [0.15, 0.2) is 5.96 Å². The van der Waals surface area contributed by atoms with Gasteiger partial charge in [-0.3, -0.25) is 0 Å². The lowest BCUT2D eigenvalue weighted by Gasteiger charge is -2.29. The number of guanidine groups is 1. The molecule has 1 fully saturated rings. The first-order chi connectivity index (χ1) is 13.6. The van der Waals surface area contributed by atoms with E-state index in [0.29, 0.717) is 19.8 Å². The molecule has 0 aromatic heterocycles. The summed E-state index contributed by atoms with van der Waals surface area (Å²) in [6, 6.07) is 6.28. The SMILES string of the molecule is CCNC(=NCc1ccc(C)cc1OCCOC)NCCC1CCN(C)CC1. The molecule has 1 aromatic rings. The van der Waals surface area contributed by atoms with E-state index in [1.54, 1.807) is 7.11 Å². The zero-order valence-electron chi connectivity index (χ0n) is 18.1. The van der Waals surface area contributed by atoms with Crippen LogP contribution in [-0.4, -0.2) is 64.4 Å². The van der Waals surface area contributed by atoms with Gasteiger partial charge in [-0.25, -0.2) is 4.99 Å². The Morgan fingerprint density at radius 2 is 2.00 bits per heavy atom. The number of likely N-dealkylation sites (tertiary alicyclic amines) is 1. The number of aliphatic imine (C=N–C) groups is 1. The molecule has 6 heteroatoms. The van der Waals surface area contributed by atoms with Gasteiger partial charge in [-0.1, -0.05) is 12.1 Å². The van der Waals surface area contributed by atoms with Crippen LogP contribution in [0.15, 0.2) is 23.2 Å². The van der Waals surface area contributed by atoms with Crippen molar-refractivity contribution in [2.75, 3.05) is 53.6 Å². The van der Waals surface area contributed by atoms with E-state index >= 15 is 0 Å². The summed E-state index contributed by atoms with van der Waals surface area (Å²) in [5.41, 5.74) is 2.28. The topological polar surface area (TPSA) is 58.1 Å². The number of benzene rings is 1. The van der Waals surface area contributed by atoms with E-state index in [9.17, 15) is 0 Å². The number of methoxy groups -OCH3 is 1. The Hall–Kier alpha value is -1.79. The highest BCUT2D eigenvalue weighted by molar-refractivity contribution is 5.79. The molecule has 0 unspecified atom stereocenters. The third-order valence-corrected chi connectivity index (χ3v) is 5.20. The maximum absolute atomic E-state index is 5.88. The minimum atomic E-state index is 0.547. The Balaban J connectivity index is 1.88. The highest BCUT2D eigenvalue weighted by atomic mass is 16.5. The highest BCUT2D eigenvalue weighted by Crippen LogP contribution is 2.21. The number of ether oxygens (including phenoxy) is 2. The highest BCUT2D eigenvalue weighted by Gasteiger charge is 2.16.